The normalized spacial score (nSPS) is 15.2. The minimum absolute atomic E-state index is 0.0259. The maximum absolute atomic E-state index is 12.6. The molecule has 0 saturated heterocycles. The molecule has 0 saturated carbocycles. The number of nitrogens with zero attached hydrogens (tertiary/aromatic N) is 2. The number of thiophene rings is 1. The molecule has 22 heavy (non-hydrogen) atoms. The minimum atomic E-state index is -0.0259. The van der Waals surface area contributed by atoms with Gasteiger partial charge in [0.15, 0.2) is 0 Å². The van der Waals surface area contributed by atoms with Gasteiger partial charge in [0.05, 0.1) is 5.39 Å². The Morgan fingerprint density at radius 1 is 1.41 bits per heavy atom. The highest BCUT2D eigenvalue weighted by Crippen LogP contribution is 2.32. The predicted octanol–water partition coefficient (Wildman–Crippen LogP) is 3.40. The number of hydrogen-bond donors (Lipinski definition) is 1. The third-order valence-electron chi connectivity index (χ3n) is 4.00. The third kappa shape index (κ3) is 2.31. The van der Waals surface area contributed by atoms with Gasteiger partial charge >= 0.3 is 0 Å². The monoisotopic (exact) mass is 375 g/mol. The van der Waals surface area contributed by atoms with Gasteiger partial charge in [0.1, 0.15) is 10.7 Å². The molecule has 1 N–H and O–H groups in total. The zero-order valence-corrected chi connectivity index (χ0v) is 14.4. The van der Waals surface area contributed by atoms with Crippen LogP contribution in [-0.2, 0) is 13.0 Å². The Morgan fingerprint density at radius 2 is 2.27 bits per heavy atom. The van der Waals surface area contributed by atoms with E-state index in [0.717, 1.165) is 39.8 Å². The fraction of sp³-hybridized carbons (Fsp3) is 0.250. The van der Waals surface area contributed by atoms with Crippen molar-refractivity contribution in [3.8, 4) is 11.4 Å². The summed E-state index contributed by atoms with van der Waals surface area (Å²) in [5.41, 5.74) is 2.08. The summed E-state index contributed by atoms with van der Waals surface area (Å²) in [5.74, 6) is 0.630. The highest BCUT2D eigenvalue weighted by molar-refractivity contribution is 9.10. The van der Waals surface area contributed by atoms with E-state index in [2.05, 4.69) is 32.9 Å². The molecule has 0 radical (unpaired) electrons. The summed E-state index contributed by atoms with van der Waals surface area (Å²) in [7, 11) is 2.11. The molecule has 0 fully saturated rings. The largest absolute Gasteiger partial charge is 0.306 e. The number of halogens is 1. The summed E-state index contributed by atoms with van der Waals surface area (Å²) in [4.78, 5) is 24.6. The molecule has 1 aromatic carbocycles. The summed E-state index contributed by atoms with van der Waals surface area (Å²) in [6.07, 6.45) is 0.923. The number of aromatic amines is 1. The highest BCUT2D eigenvalue weighted by Gasteiger charge is 2.22. The Bertz CT molecular complexity index is 931. The van der Waals surface area contributed by atoms with E-state index in [4.69, 9.17) is 4.98 Å². The smallest absolute Gasteiger partial charge is 0.260 e. The van der Waals surface area contributed by atoms with E-state index in [1.807, 2.05) is 24.3 Å². The van der Waals surface area contributed by atoms with Crippen LogP contribution in [0.1, 0.15) is 10.4 Å². The zero-order valence-electron chi connectivity index (χ0n) is 12.0. The molecule has 0 bridgehead atoms. The minimum Gasteiger partial charge on any atom is -0.306 e. The van der Waals surface area contributed by atoms with Gasteiger partial charge in [-0.15, -0.1) is 11.3 Å². The van der Waals surface area contributed by atoms with Gasteiger partial charge < -0.3 is 9.88 Å². The fourth-order valence-corrected chi connectivity index (χ4v) is 4.60. The van der Waals surface area contributed by atoms with Crippen molar-refractivity contribution in [1.29, 1.82) is 0 Å². The molecule has 3 heterocycles. The topological polar surface area (TPSA) is 49.0 Å². The van der Waals surface area contributed by atoms with Crippen molar-refractivity contribution in [2.45, 2.75) is 13.0 Å². The molecule has 0 aliphatic carbocycles. The first kappa shape index (κ1) is 14.1. The number of rotatable bonds is 1. The van der Waals surface area contributed by atoms with E-state index in [1.54, 1.807) is 11.3 Å². The number of hydrogen-bond acceptors (Lipinski definition) is 4. The van der Waals surface area contributed by atoms with Crippen LogP contribution in [0.5, 0.6) is 0 Å². The molecule has 0 unspecified atom stereocenters. The van der Waals surface area contributed by atoms with Crippen LogP contribution in [0.3, 0.4) is 0 Å². The van der Waals surface area contributed by atoms with Gasteiger partial charge in [-0.1, -0.05) is 28.1 Å². The van der Waals surface area contributed by atoms with Crippen LogP contribution in [0.15, 0.2) is 33.5 Å². The molecule has 4 rings (SSSR count). The molecular weight excluding hydrogens is 362 g/mol. The van der Waals surface area contributed by atoms with E-state index < -0.39 is 0 Å². The summed E-state index contributed by atoms with van der Waals surface area (Å²) in [6, 6.07) is 7.82. The lowest BCUT2D eigenvalue weighted by atomic mass is 10.1. The molecule has 1 aliphatic heterocycles. The number of likely N-dealkylation sites (N-methyl/N-ethyl adjacent to an activating group) is 1. The first-order valence-electron chi connectivity index (χ1n) is 7.11. The van der Waals surface area contributed by atoms with E-state index in [-0.39, 0.29) is 5.56 Å². The lowest BCUT2D eigenvalue weighted by molar-refractivity contribution is 0.318. The van der Waals surface area contributed by atoms with Crippen molar-refractivity contribution in [3.05, 3.63) is 49.5 Å². The third-order valence-corrected chi connectivity index (χ3v) is 5.60. The Hall–Kier alpha value is -1.50. The average Bonchev–Trinajstić information content (AvgIpc) is 2.84. The van der Waals surface area contributed by atoms with Gasteiger partial charge in [0, 0.05) is 28.0 Å². The van der Waals surface area contributed by atoms with Crippen molar-refractivity contribution in [2.75, 3.05) is 13.6 Å². The lowest BCUT2D eigenvalue weighted by Crippen LogP contribution is -2.25. The van der Waals surface area contributed by atoms with Gasteiger partial charge in [-0.2, -0.15) is 0 Å². The Morgan fingerprint density at radius 3 is 3.09 bits per heavy atom. The zero-order chi connectivity index (χ0) is 15.3. The maximum atomic E-state index is 12.6. The molecule has 0 amide bonds. The predicted molar refractivity (Wildman–Crippen MR) is 93.4 cm³/mol. The van der Waals surface area contributed by atoms with Crippen LogP contribution in [0, 0.1) is 0 Å². The van der Waals surface area contributed by atoms with E-state index in [1.165, 1.54) is 10.4 Å². The molecule has 0 spiro atoms. The molecule has 6 heteroatoms. The fourth-order valence-electron chi connectivity index (χ4n) is 2.90. The lowest BCUT2D eigenvalue weighted by Gasteiger charge is -2.21. The number of fused-ring (bicyclic) bond motifs is 3. The first-order valence-corrected chi connectivity index (χ1v) is 8.72. The van der Waals surface area contributed by atoms with Crippen molar-refractivity contribution < 1.29 is 0 Å². The number of H-pyrrole nitrogens is 1. The van der Waals surface area contributed by atoms with Crippen LogP contribution < -0.4 is 5.56 Å². The van der Waals surface area contributed by atoms with Crippen LogP contribution in [0.4, 0.5) is 0 Å². The standard InChI is InChI=1S/C16H14BrN3OS/c1-20-6-5-11-12(8-20)22-16-13(11)15(21)18-14(19-16)9-3-2-4-10(17)7-9/h2-4,7H,5-6,8H2,1H3,(H,18,19,21). The van der Waals surface area contributed by atoms with Crippen LogP contribution >= 0.6 is 27.3 Å². The van der Waals surface area contributed by atoms with Crippen LogP contribution in [-0.4, -0.2) is 28.5 Å². The molecule has 4 nitrogen and oxygen atoms in total. The van der Waals surface area contributed by atoms with Gasteiger partial charge in [-0.25, -0.2) is 4.98 Å². The van der Waals surface area contributed by atoms with E-state index in [9.17, 15) is 4.79 Å². The number of benzene rings is 1. The van der Waals surface area contributed by atoms with Crippen molar-refractivity contribution in [1.82, 2.24) is 14.9 Å². The maximum Gasteiger partial charge on any atom is 0.260 e. The second kappa shape index (κ2) is 5.30. The van der Waals surface area contributed by atoms with Gasteiger partial charge in [-0.05, 0) is 31.2 Å². The second-order valence-electron chi connectivity index (χ2n) is 5.60. The molecule has 1 aliphatic rings. The summed E-state index contributed by atoms with van der Waals surface area (Å²) >= 11 is 5.10. The molecular formula is C16H14BrN3OS. The van der Waals surface area contributed by atoms with Crippen molar-refractivity contribution >= 4 is 37.5 Å². The Kier molecular flexibility index (Phi) is 3.40. The summed E-state index contributed by atoms with van der Waals surface area (Å²) < 4.78 is 0.972. The second-order valence-corrected chi connectivity index (χ2v) is 7.60. The number of aromatic nitrogens is 2. The van der Waals surface area contributed by atoms with Crippen LogP contribution in [0.25, 0.3) is 21.6 Å². The summed E-state index contributed by atoms with van der Waals surface area (Å²) in [5, 5.41) is 0.784. The van der Waals surface area contributed by atoms with E-state index >= 15 is 0 Å². The first-order chi connectivity index (χ1) is 10.6. The Balaban J connectivity index is 1.92. The molecule has 2 aromatic heterocycles. The van der Waals surface area contributed by atoms with Gasteiger partial charge in [0.25, 0.3) is 5.56 Å². The molecule has 0 atom stereocenters. The Labute approximate surface area is 139 Å². The van der Waals surface area contributed by atoms with Crippen LogP contribution in [0.2, 0.25) is 0 Å². The molecule has 112 valence electrons. The van der Waals surface area contributed by atoms with E-state index in [0.29, 0.717) is 5.82 Å². The van der Waals surface area contributed by atoms with Crippen molar-refractivity contribution in [2.24, 2.45) is 0 Å². The average molecular weight is 376 g/mol. The highest BCUT2D eigenvalue weighted by atomic mass is 79.9. The van der Waals surface area contributed by atoms with Gasteiger partial charge in [-0.3, -0.25) is 4.79 Å². The summed E-state index contributed by atoms with van der Waals surface area (Å²) in [6.45, 7) is 1.90. The van der Waals surface area contributed by atoms with Gasteiger partial charge in [0.2, 0.25) is 0 Å². The molecule has 3 aromatic rings. The SMILES string of the molecule is CN1CCc2c(sc3nc(-c4cccc(Br)c4)[nH]c(=O)c23)C1. The number of nitrogens with one attached hydrogen (secondary N) is 1. The quantitative estimate of drug-likeness (QED) is 0.708. The van der Waals surface area contributed by atoms with Crippen molar-refractivity contribution in [3.63, 3.8) is 0 Å².